The predicted molar refractivity (Wildman–Crippen MR) is 70.7 cm³/mol. The van der Waals surface area contributed by atoms with Gasteiger partial charge in [0.25, 0.3) is 5.91 Å². The van der Waals surface area contributed by atoms with Gasteiger partial charge in [0.2, 0.25) is 0 Å². The molecule has 1 aliphatic rings. The van der Waals surface area contributed by atoms with Gasteiger partial charge in [0.1, 0.15) is 5.82 Å². The highest BCUT2D eigenvalue weighted by molar-refractivity contribution is 7.08. The Hall–Kier alpha value is -1.68. The van der Waals surface area contributed by atoms with Crippen molar-refractivity contribution in [2.45, 2.75) is 12.8 Å². The molecule has 0 atom stereocenters. The summed E-state index contributed by atoms with van der Waals surface area (Å²) in [7, 11) is 0. The molecule has 4 heteroatoms. The van der Waals surface area contributed by atoms with Crippen LogP contribution in [-0.4, -0.2) is 12.5 Å². The van der Waals surface area contributed by atoms with E-state index in [9.17, 15) is 9.18 Å². The summed E-state index contributed by atoms with van der Waals surface area (Å²) < 4.78 is 13.2. The SMILES string of the molecule is O=C(c1ccsc1)N1CCCc2cc(F)ccc21. The zero-order valence-corrected chi connectivity index (χ0v) is 10.5. The van der Waals surface area contributed by atoms with Gasteiger partial charge in [0.15, 0.2) is 0 Å². The van der Waals surface area contributed by atoms with E-state index < -0.39 is 0 Å². The van der Waals surface area contributed by atoms with Crippen LogP contribution in [0.2, 0.25) is 0 Å². The number of fused-ring (bicyclic) bond motifs is 1. The molecule has 2 aromatic rings. The molecular weight excluding hydrogens is 249 g/mol. The average Bonchev–Trinajstić information content (AvgIpc) is 2.90. The Morgan fingerprint density at radius 3 is 3.00 bits per heavy atom. The van der Waals surface area contributed by atoms with Gasteiger partial charge in [0.05, 0.1) is 5.56 Å². The summed E-state index contributed by atoms with van der Waals surface area (Å²) in [6.45, 7) is 0.702. The Morgan fingerprint density at radius 2 is 2.22 bits per heavy atom. The first-order chi connectivity index (χ1) is 8.75. The van der Waals surface area contributed by atoms with Crippen molar-refractivity contribution in [3.8, 4) is 0 Å². The largest absolute Gasteiger partial charge is 0.308 e. The molecule has 2 heterocycles. The lowest BCUT2D eigenvalue weighted by atomic mass is 10.0. The molecule has 0 radical (unpaired) electrons. The molecule has 0 N–H and O–H groups in total. The van der Waals surface area contributed by atoms with Gasteiger partial charge in [-0.3, -0.25) is 4.79 Å². The fourth-order valence-corrected chi connectivity index (χ4v) is 2.95. The molecule has 2 nitrogen and oxygen atoms in total. The van der Waals surface area contributed by atoms with Crippen LogP contribution >= 0.6 is 11.3 Å². The molecule has 3 rings (SSSR count). The number of hydrogen-bond donors (Lipinski definition) is 0. The Kier molecular flexibility index (Phi) is 2.88. The molecule has 0 bridgehead atoms. The van der Waals surface area contributed by atoms with Crippen molar-refractivity contribution in [3.63, 3.8) is 0 Å². The fourth-order valence-electron chi connectivity index (χ4n) is 2.32. The van der Waals surface area contributed by atoms with Crippen LogP contribution in [-0.2, 0) is 6.42 Å². The first-order valence-corrected chi connectivity index (χ1v) is 6.82. The van der Waals surface area contributed by atoms with Gasteiger partial charge in [-0.2, -0.15) is 11.3 Å². The summed E-state index contributed by atoms with van der Waals surface area (Å²) in [5.74, 6) is -0.234. The summed E-state index contributed by atoms with van der Waals surface area (Å²) in [4.78, 5) is 14.1. The first-order valence-electron chi connectivity index (χ1n) is 5.88. The number of rotatable bonds is 1. The average molecular weight is 261 g/mol. The van der Waals surface area contributed by atoms with E-state index >= 15 is 0 Å². The molecule has 0 unspecified atom stereocenters. The number of anilines is 1. The van der Waals surface area contributed by atoms with Crippen molar-refractivity contribution in [3.05, 3.63) is 52.0 Å². The minimum absolute atomic E-state index is 0.00353. The Labute approximate surface area is 109 Å². The van der Waals surface area contributed by atoms with Gasteiger partial charge in [-0.05, 0) is 48.1 Å². The van der Waals surface area contributed by atoms with E-state index in [1.54, 1.807) is 11.0 Å². The van der Waals surface area contributed by atoms with Crippen LogP contribution in [0.1, 0.15) is 22.3 Å². The molecule has 0 aliphatic carbocycles. The third-order valence-corrected chi connectivity index (χ3v) is 3.86. The Morgan fingerprint density at radius 1 is 1.33 bits per heavy atom. The Bertz CT molecular complexity index is 579. The van der Waals surface area contributed by atoms with Crippen LogP contribution in [0.25, 0.3) is 0 Å². The van der Waals surface area contributed by atoms with Crippen LogP contribution in [0.5, 0.6) is 0 Å². The van der Waals surface area contributed by atoms with Crippen molar-refractivity contribution in [2.24, 2.45) is 0 Å². The van der Waals surface area contributed by atoms with E-state index in [0.29, 0.717) is 12.1 Å². The molecule has 92 valence electrons. The van der Waals surface area contributed by atoms with Crippen LogP contribution in [0.4, 0.5) is 10.1 Å². The van der Waals surface area contributed by atoms with E-state index in [0.717, 1.165) is 24.1 Å². The van der Waals surface area contributed by atoms with Crippen LogP contribution < -0.4 is 4.90 Å². The molecule has 1 aromatic heterocycles. The Balaban J connectivity index is 1.99. The molecule has 1 aromatic carbocycles. The van der Waals surface area contributed by atoms with Crippen LogP contribution in [0.3, 0.4) is 0 Å². The van der Waals surface area contributed by atoms with E-state index in [4.69, 9.17) is 0 Å². The maximum Gasteiger partial charge on any atom is 0.259 e. The number of thiophene rings is 1. The third kappa shape index (κ3) is 1.93. The number of amides is 1. The number of hydrogen-bond acceptors (Lipinski definition) is 2. The lowest BCUT2D eigenvalue weighted by Crippen LogP contribution is -2.35. The summed E-state index contributed by atoms with van der Waals surface area (Å²) >= 11 is 1.51. The molecule has 1 amide bonds. The van der Waals surface area contributed by atoms with Crippen molar-refractivity contribution in [1.29, 1.82) is 0 Å². The molecular formula is C14H12FNOS. The van der Waals surface area contributed by atoms with Gasteiger partial charge in [-0.25, -0.2) is 4.39 Å². The van der Waals surface area contributed by atoms with Gasteiger partial charge < -0.3 is 4.90 Å². The first kappa shape index (κ1) is 11.4. The zero-order chi connectivity index (χ0) is 12.5. The van der Waals surface area contributed by atoms with Crippen molar-refractivity contribution < 1.29 is 9.18 Å². The highest BCUT2D eigenvalue weighted by Gasteiger charge is 2.23. The lowest BCUT2D eigenvalue weighted by Gasteiger charge is -2.29. The number of nitrogens with zero attached hydrogens (tertiary/aromatic N) is 1. The van der Waals surface area contributed by atoms with Crippen molar-refractivity contribution in [1.82, 2.24) is 0 Å². The predicted octanol–water partition coefficient (Wildman–Crippen LogP) is 3.48. The normalized spacial score (nSPS) is 14.4. The molecule has 0 saturated heterocycles. The number of halogens is 1. The summed E-state index contributed by atoms with van der Waals surface area (Å²) in [5.41, 5.74) is 2.47. The molecule has 0 spiro atoms. The van der Waals surface area contributed by atoms with Crippen LogP contribution in [0.15, 0.2) is 35.0 Å². The minimum atomic E-state index is -0.237. The maximum absolute atomic E-state index is 13.2. The maximum atomic E-state index is 13.2. The summed E-state index contributed by atoms with van der Waals surface area (Å²) in [5, 5.41) is 3.74. The third-order valence-electron chi connectivity index (χ3n) is 3.17. The zero-order valence-electron chi connectivity index (χ0n) is 9.73. The lowest BCUT2D eigenvalue weighted by molar-refractivity contribution is 0.0985. The molecule has 0 fully saturated rings. The van der Waals surface area contributed by atoms with E-state index in [1.165, 1.54) is 23.5 Å². The quantitative estimate of drug-likeness (QED) is 0.769. The van der Waals surface area contributed by atoms with E-state index in [-0.39, 0.29) is 11.7 Å². The van der Waals surface area contributed by atoms with Gasteiger partial charge >= 0.3 is 0 Å². The number of aryl methyl sites for hydroxylation is 1. The van der Waals surface area contributed by atoms with Crippen molar-refractivity contribution >= 4 is 22.9 Å². The fraction of sp³-hybridized carbons (Fsp3) is 0.214. The summed E-state index contributed by atoms with van der Waals surface area (Å²) in [6, 6.07) is 6.47. The standard InChI is InChI=1S/C14H12FNOS/c15-12-3-4-13-10(8-12)2-1-6-16(13)14(17)11-5-7-18-9-11/h3-5,7-9H,1-2,6H2. The summed E-state index contributed by atoms with van der Waals surface area (Å²) in [6.07, 6.45) is 1.72. The van der Waals surface area contributed by atoms with Gasteiger partial charge in [0, 0.05) is 17.6 Å². The molecule has 0 saturated carbocycles. The van der Waals surface area contributed by atoms with E-state index in [2.05, 4.69) is 0 Å². The number of carbonyl (C=O) groups is 1. The topological polar surface area (TPSA) is 20.3 Å². The second-order valence-electron chi connectivity index (χ2n) is 4.35. The second kappa shape index (κ2) is 4.53. The monoisotopic (exact) mass is 261 g/mol. The number of carbonyl (C=O) groups excluding carboxylic acids is 1. The number of benzene rings is 1. The second-order valence-corrected chi connectivity index (χ2v) is 5.13. The molecule has 1 aliphatic heterocycles. The van der Waals surface area contributed by atoms with Crippen molar-refractivity contribution in [2.75, 3.05) is 11.4 Å². The van der Waals surface area contributed by atoms with Crippen LogP contribution in [0, 0.1) is 5.82 Å². The highest BCUT2D eigenvalue weighted by atomic mass is 32.1. The van der Waals surface area contributed by atoms with Gasteiger partial charge in [-0.1, -0.05) is 0 Å². The highest BCUT2D eigenvalue weighted by Crippen LogP contribution is 2.29. The van der Waals surface area contributed by atoms with Gasteiger partial charge in [-0.15, -0.1) is 0 Å². The van der Waals surface area contributed by atoms with E-state index in [1.807, 2.05) is 16.8 Å². The smallest absolute Gasteiger partial charge is 0.259 e. The molecule has 18 heavy (non-hydrogen) atoms. The minimum Gasteiger partial charge on any atom is -0.308 e.